The molecule has 104 valence electrons. The molecule has 1 heterocycles. The van der Waals surface area contributed by atoms with Gasteiger partial charge in [-0.2, -0.15) is 0 Å². The number of carboxylic acids is 1. The second-order valence-electron chi connectivity index (χ2n) is 4.43. The highest BCUT2D eigenvalue weighted by Crippen LogP contribution is 2.29. The first-order chi connectivity index (χ1) is 9.13. The van der Waals surface area contributed by atoms with Gasteiger partial charge in [0.2, 0.25) is 0 Å². The highest BCUT2D eigenvalue weighted by Gasteiger charge is 2.25. The fraction of sp³-hybridized carbons (Fsp3) is 0.462. The predicted molar refractivity (Wildman–Crippen MR) is 68.9 cm³/mol. The summed E-state index contributed by atoms with van der Waals surface area (Å²) in [6, 6.07) is 4.21. The Labute approximate surface area is 110 Å². The van der Waals surface area contributed by atoms with Crippen LogP contribution in [0.15, 0.2) is 18.2 Å². The van der Waals surface area contributed by atoms with Crippen LogP contribution in [0.2, 0.25) is 0 Å². The smallest absolute Gasteiger partial charge is 0.312 e. The van der Waals surface area contributed by atoms with Crippen LogP contribution in [0.1, 0.15) is 11.5 Å². The molecule has 1 unspecified atom stereocenters. The van der Waals surface area contributed by atoms with Crippen LogP contribution in [0.25, 0.3) is 0 Å². The van der Waals surface area contributed by atoms with Crippen molar-refractivity contribution in [3.05, 3.63) is 29.6 Å². The van der Waals surface area contributed by atoms with Gasteiger partial charge in [0.15, 0.2) is 0 Å². The zero-order valence-electron chi connectivity index (χ0n) is 10.5. The number of hydrogen-bond acceptors (Lipinski definition) is 4. The van der Waals surface area contributed by atoms with Gasteiger partial charge in [0.1, 0.15) is 5.82 Å². The van der Waals surface area contributed by atoms with Gasteiger partial charge in [-0.15, -0.1) is 0 Å². The number of carboxylic acid groups (broad SMARTS) is 1. The predicted octanol–water partition coefficient (Wildman–Crippen LogP) is 0.789. The average molecular weight is 268 g/mol. The normalized spacial score (nSPS) is 17.3. The minimum absolute atomic E-state index is 0.0594. The number of morpholine rings is 1. The number of carbonyl (C=O) groups is 1. The molecule has 0 spiro atoms. The van der Waals surface area contributed by atoms with E-state index in [4.69, 9.17) is 10.5 Å². The van der Waals surface area contributed by atoms with E-state index in [0.717, 1.165) is 5.69 Å². The lowest BCUT2D eigenvalue weighted by Gasteiger charge is -2.31. The SMILES string of the molecule is NCC(C(=O)O)c1cc(F)ccc1N1CCOCC1. The summed E-state index contributed by atoms with van der Waals surface area (Å²) in [6.07, 6.45) is 0. The number of nitrogens with zero attached hydrogens (tertiary/aromatic N) is 1. The number of aliphatic carboxylic acids is 1. The molecule has 6 heteroatoms. The van der Waals surface area contributed by atoms with E-state index < -0.39 is 17.7 Å². The fourth-order valence-corrected chi connectivity index (χ4v) is 2.26. The Hall–Kier alpha value is -1.66. The van der Waals surface area contributed by atoms with E-state index >= 15 is 0 Å². The van der Waals surface area contributed by atoms with Gasteiger partial charge in [-0.3, -0.25) is 4.79 Å². The van der Waals surface area contributed by atoms with Crippen LogP contribution in [-0.4, -0.2) is 43.9 Å². The highest BCUT2D eigenvalue weighted by atomic mass is 19.1. The standard InChI is InChI=1S/C13H17FN2O3/c14-9-1-2-12(16-3-5-19-6-4-16)10(7-9)11(8-15)13(17)18/h1-2,7,11H,3-6,8,15H2,(H,17,18). The maximum Gasteiger partial charge on any atom is 0.312 e. The van der Waals surface area contributed by atoms with E-state index in [1.165, 1.54) is 12.1 Å². The monoisotopic (exact) mass is 268 g/mol. The van der Waals surface area contributed by atoms with Gasteiger partial charge in [-0.1, -0.05) is 0 Å². The first-order valence-corrected chi connectivity index (χ1v) is 6.18. The summed E-state index contributed by atoms with van der Waals surface area (Å²) in [5.41, 5.74) is 6.66. The summed E-state index contributed by atoms with van der Waals surface area (Å²) in [6.45, 7) is 2.43. The Bertz CT molecular complexity index is 461. The third-order valence-corrected chi connectivity index (χ3v) is 3.25. The third-order valence-electron chi connectivity index (χ3n) is 3.25. The van der Waals surface area contributed by atoms with Crippen LogP contribution in [-0.2, 0) is 9.53 Å². The van der Waals surface area contributed by atoms with Gasteiger partial charge in [0.25, 0.3) is 0 Å². The largest absolute Gasteiger partial charge is 0.481 e. The van der Waals surface area contributed by atoms with E-state index in [1.54, 1.807) is 6.07 Å². The molecule has 0 radical (unpaired) electrons. The van der Waals surface area contributed by atoms with Crippen molar-refractivity contribution in [2.45, 2.75) is 5.92 Å². The molecular weight excluding hydrogens is 251 g/mol. The Morgan fingerprint density at radius 2 is 2.16 bits per heavy atom. The molecule has 19 heavy (non-hydrogen) atoms. The number of ether oxygens (including phenoxy) is 1. The molecule has 0 bridgehead atoms. The molecule has 1 saturated heterocycles. The number of halogens is 1. The lowest BCUT2D eigenvalue weighted by molar-refractivity contribution is -0.138. The number of nitrogens with two attached hydrogens (primary N) is 1. The lowest BCUT2D eigenvalue weighted by atomic mass is 9.96. The van der Waals surface area contributed by atoms with Crippen LogP contribution < -0.4 is 10.6 Å². The highest BCUT2D eigenvalue weighted by molar-refractivity contribution is 5.79. The first kappa shape index (κ1) is 13.8. The quantitative estimate of drug-likeness (QED) is 0.844. The van der Waals surface area contributed by atoms with Gasteiger partial charge in [-0.25, -0.2) is 4.39 Å². The van der Waals surface area contributed by atoms with Crippen LogP contribution >= 0.6 is 0 Å². The van der Waals surface area contributed by atoms with Crippen molar-refractivity contribution in [1.82, 2.24) is 0 Å². The molecule has 1 fully saturated rings. The Morgan fingerprint density at radius 3 is 2.74 bits per heavy atom. The lowest BCUT2D eigenvalue weighted by Crippen LogP contribution is -2.37. The van der Waals surface area contributed by atoms with Crippen molar-refractivity contribution in [3.63, 3.8) is 0 Å². The molecule has 0 saturated carbocycles. The average Bonchev–Trinajstić information content (AvgIpc) is 2.40. The van der Waals surface area contributed by atoms with Crippen molar-refractivity contribution in [1.29, 1.82) is 0 Å². The van der Waals surface area contributed by atoms with Gasteiger partial charge in [-0.05, 0) is 23.8 Å². The molecule has 2 rings (SSSR count). The molecule has 1 atom stereocenters. The summed E-state index contributed by atoms with van der Waals surface area (Å²) in [5.74, 6) is -2.39. The molecule has 1 aromatic rings. The van der Waals surface area contributed by atoms with Crippen molar-refractivity contribution in [3.8, 4) is 0 Å². The number of anilines is 1. The Kier molecular flexibility index (Phi) is 4.34. The van der Waals surface area contributed by atoms with Crippen LogP contribution in [0.4, 0.5) is 10.1 Å². The molecule has 0 aliphatic carbocycles. The number of hydrogen-bond donors (Lipinski definition) is 2. The second kappa shape index (κ2) is 5.99. The number of benzene rings is 1. The number of rotatable bonds is 4. The molecular formula is C13H17FN2O3. The second-order valence-corrected chi connectivity index (χ2v) is 4.43. The molecule has 1 aliphatic heterocycles. The van der Waals surface area contributed by atoms with Gasteiger partial charge >= 0.3 is 5.97 Å². The van der Waals surface area contributed by atoms with E-state index in [9.17, 15) is 14.3 Å². The maximum atomic E-state index is 13.4. The molecule has 1 aliphatic rings. The fourth-order valence-electron chi connectivity index (χ4n) is 2.26. The minimum atomic E-state index is -1.04. The molecule has 3 N–H and O–H groups in total. The van der Waals surface area contributed by atoms with Gasteiger partial charge in [0.05, 0.1) is 19.1 Å². The van der Waals surface area contributed by atoms with Crippen LogP contribution in [0.3, 0.4) is 0 Å². The van der Waals surface area contributed by atoms with E-state index in [0.29, 0.717) is 31.9 Å². The summed E-state index contributed by atoms with van der Waals surface area (Å²) in [7, 11) is 0. The summed E-state index contributed by atoms with van der Waals surface area (Å²) in [4.78, 5) is 13.2. The Morgan fingerprint density at radius 1 is 1.47 bits per heavy atom. The van der Waals surface area contributed by atoms with Crippen LogP contribution in [0.5, 0.6) is 0 Å². The van der Waals surface area contributed by atoms with E-state index in [2.05, 4.69) is 0 Å². The van der Waals surface area contributed by atoms with Gasteiger partial charge in [0, 0.05) is 25.3 Å². The zero-order valence-corrected chi connectivity index (χ0v) is 10.5. The molecule has 0 amide bonds. The van der Waals surface area contributed by atoms with Crippen molar-refractivity contribution < 1.29 is 19.0 Å². The summed E-state index contributed by atoms with van der Waals surface area (Å²) < 4.78 is 18.7. The first-order valence-electron chi connectivity index (χ1n) is 6.18. The van der Waals surface area contributed by atoms with Crippen molar-refractivity contribution in [2.24, 2.45) is 5.73 Å². The maximum absolute atomic E-state index is 13.4. The zero-order chi connectivity index (χ0) is 13.8. The minimum Gasteiger partial charge on any atom is -0.481 e. The molecule has 0 aromatic heterocycles. The third kappa shape index (κ3) is 3.02. The van der Waals surface area contributed by atoms with Crippen molar-refractivity contribution in [2.75, 3.05) is 37.7 Å². The van der Waals surface area contributed by atoms with E-state index in [1.807, 2.05) is 4.90 Å². The van der Waals surface area contributed by atoms with E-state index in [-0.39, 0.29) is 6.54 Å². The summed E-state index contributed by atoms with van der Waals surface area (Å²) in [5, 5.41) is 9.19. The van der Waals surface area contributed by atoms with Gasteiger partial charge < -0.3 is 20.5 Å². The van der Waals surface area contributed by atoms with Crippen molar-refractivity contribution >= 4 is 11.7 Å². The molecule has 1 aromatic carbocycles. The topological polar surface area (TPSA) is 75.8 Å². The summed E-state index contributed by atoms with van der Waals surface area (Å²) >= 11 is 0. The Balaban J connectivity index is 2.39. The molecule has 5 nitrogen and oxygen atoms in total. The van der Waals surface area contributed by atoms with Crippen LogP contribution in [0, 0.1) is 5.82 Å².